The molecule has 1 fully saturated rings. The molecule has 0 aliphatic carbocycles. The lowest BCUT2D eigenvalue weighted by molar-refractivity contribution is -0.205. The first-order valence-electron chi connectivity index (χ1n) is 10.9. The van der Waals surface area contributed by atoms with Crippen molar-refractivity contribution in [2.45, 2.75) is 38.9 Å². The highest BCUT2D eigenvalue weighted by Crippen LogP contribution is 2.31. The van der Waals surface area contributed by atoms with Crippen molar-refractivity contribution in [1.82, 2.24) is 0 Å². The maximum atomic E-state index is 15.1. The standard InChI is InChI=1S/C27H28ClFO2/c1-2-3-4-5-20-17-30-27(31-18-20)23-12-15-25-22(16-23)11-10-21(26(25)29)9-6-19-7-13-24(28)14-8-19/h2-3,7-8,10-16,20,27H,4-6,9,17-18H2,1H3/b3-2+. The van der Waals surface area contributed by atoms with Crippen molar-refractivity contribution >= 4 is 22.4 Å². The molecule has 1 heterocycles. The lowest BCUT2D eigenvalue weighted by atomic mass is 9.98. The summed E-state index contributed by atoms with van der Waals surface area (Å²) in [7, 11) is 0. The highest BCUT2D eigenvalue weighted by atomic mass is 35.5. The van der Waals surface area contributed by atoms with Gasteiger partial charge in [-0.15, -0.1) is 0 Å². The lowest BCUT2D eigenvalue weighted by Gasteiger charge is -2.29. The molecule has 0 aromatic heterocycles. The quantitative estimate of drug-likeness (QED) is 0.357. The van der Waals surface area contributed by atoms with Crippen LogP contribution in [0.4, 0.5) is 4.39 Å². The largest absolute Gasteiger partial charge is 0.348 e. The van der Waals surface area contributed by atoms with Gasteiger partial charge >= 0.3 is 0 Å². The van der Waals surface area contributed by atoms with Gasteiger partial charge in [0.05, 0.1) is 13.2 Å². The summed E-state index contributed by atoms with van der Waals surface area (Å²) >= 11 is 5.94. The van der Waals surface area contributed by atoms with Crippen molar-refractivity contribution < 1.29 is 13.9 Å². The normalized spacial score (nSPS) is 19.3. The maximum Gasteiger partial charge on any atom is 0.183 e. The Morgan fingerprint density at radius 3 is 2.52 bits per heavy atom. The van der Waals surface area contributed by atoms with Crippen LogP contribution in [0.1, 0.15) is 42.7 Å². The maximum absolute atomic E-state index is 15.1. The number of rotatable bonds is 7. The summed E-state index contributed by atoms with van der Waals surface area (Å²) in [5.74, 6) is 0.279. The summed E-state index contributed by atoms with van der Waals surface area (Å²) in [4.78, 5) is 0. The highest BCUT2D eigenvalue weighted by molar-refractivity contribution is 6.30. The van der Waals surface area contributed by atoms with E-state index in [9.17, 15) is 0 Å². The van der Waals surface area contributed by atoms with Crippen molar-refractivity contribution in [1.29, 1.82) is 0 Å². The third-order valence-electron chi connectivity index (χ3n) is 5.87. The molecule has 0 atom stereocenters. The van der Waals surface area contributed by atoms with Crippen LogP contribution in [-0.4, -0.2) is 13.2 Å². The number of ether oxygens (including phenoxy) is 2. The van der Waals surface area contributed by atoms with Crippen LogP contribution in [0.25, 0.3) is 10.8 Å². The first-order chi connectivity index (χ1) is 15.1. The van der Waals surface area contributed by atoms with Crippen molar-refractivity contribution in [3.8, 4) is 0 Å². The zero-order valence-electron chi connectivity index (χ0n) is 17.8. The Balaban J connectivity index is 1.42. The number of aryl methyl sites for hydroxylation is 2. The van der Waals surface area contributed by atoms with Gasteiger partial charge in [0.2, 0.25) is 0 Å². The van der Waals surface area contributed by atoms with E-state index in [0.717, 1.165) is 41.3 Å². The van der Waals surface area contributed by atoms with E-state index in [1.165, 1.54) is 0 Å². The smallest absolute Gasteiger partial charge is 0.183 e. The van der Waals surface area contributed by atoms with Gasteiger partial charge in [0.15, 0.2) is 6.29 Å². The number of fused-ring (bicyclic) bond motifs is 1. The van der Waals surface area contributed by atoms with E-state index in [2.05, 4.69) is 12.2 Å². The van der Waals surface area contributed by atoms with Crippen LogP contribution in [0.3, 0.4) is 0 Å². The fourth-order valence-electron chi connectivity index (χ4n) is 4.03. The number of halogens is 2. The minimum absolute atomic E-state index is 0.146. The second-order valence-electron chi connectivity index (χ2n) is 8.16. The minimum atomic E-state index is -0.380. The van der Waals surface area contributed by atoms with Gasteiger partial charge in [-0.25, -0.2) is 4.39 Å². The van der Waals surface area contributed by atoms with E-state index in [1.807, 2.05) is 61.5 Å². The van der Waals surface area contributed by atoms with E-state index >= 15 is 4.39 Å². The summed E-state index contributed by atoms with van der Waals surface area (Å²) in [6, 6.07) is 17.3. The molecule has 3 aromatic carbocycles. The molecule has 0 unspecified atom stereocenters. The molecule has 0 saturated carbocycles. The predicted octanol–water partition coefficient (Wildman–Crippen LogP) is 7.44. The second-order valence-corrected chi connectivity index (χ2v) is 8.59. The van der Waals surface area contributed by atoms with Gasteiger partial charge in [-0.2, -0.15) is 0 Å². The Hall–Kier alpha value is -2.20. The predicted molar refractivity (Wildman–Crippen MR) is 125 cm³/mol. The molecule has 1 saturated heterocycles. The van der Waals surface area contributed by atoms with Crippen LogP contribution in [0.5, 0.6) is 0 Å². The fraction of sp³-hybridized carbons (Fsp3) is 0.333. The van der Waals surface area contributed by atoms with Crippen molar-refractivity contribution in [3.63, 3.8) is 0 Å². The zero-order valence-corrected chi connectivity index (χ0v) is 18.6. The average molecular weight is 439 g/mol. The van der Waals surface area contributed by atoms with E-state index in [0.29, 0.717) is 36.0 Å². The molecule has 0 bridgehead atoms. The van der Waals surface area contributed by atoms with Crippen LogP contribution < -0.4 is 0 Å². The number of allylic oxidation sites excluding steroid dienone is 2. The van der Waals surface area contributed by atoms with E-state index in [-0.39, 0.29) is 12.1 Å². The summed E-state index contributed by atoms with van der Waals surface area (Å²) in [5, 5.41) is 2.22. The summed E-state index contributed by atoms with van der Waals surface area (Å²) in [6.07, 6.45) is 7.41. The zero-order chi connectivity index (χ0) is 21.6. The topological polar surface area (TPSA) is 18.5 Å². The van der Waals surface area contributed by atoms with E-state index in [1.54, 1.807) is 0 Å². The highest BCUT2D eigenvalue weighted by Gasteiger charge is 2.23. The molecular formula is C27H28ClFO2. The molecule has 4 rings (SSSR count). The van der Waals surface area contributed by atoms with Crippen molar-refractivity contribution in [2.75, 3.05) is 13.2 Å². The van der Waals surface area contributed by atoms with Crippen LogP contribution in [0.15, 0.2) is 66.7 Å². The molecule has 3 aromatic rings. The third-order valence-corrected chi connectivity index (χ3v) is 6.12. The second kappa shape index (κ2) is 10.4. The monoisotopic (exact) mass is 438 g/mol. The van der Waals surface area contributed by atoms with Crippen LogP contribution >= 0.6 is 11.6 Å². The van der Waals surface area contributed by atoms with E-state index in [4.69, 9.17) is 21.1 Å². The summed E-state index contributed by atoms with van der Waals surface area (Å²) < 4.78 is 27.0. The molecular weight excluding hydrogens is 411 g/mol. The van der Waals surface area contributed by atoms with Crippen LogP contribution in [-0.2, 0) is 22.3 Å². The number of hydrogen-bond acceptors (Lipinski definition) is 2. The van der Waals surface area contributed by atoms with Gasteiger partial charge in [0.1, 0.15) is 5.82 Å². The molecule has 1 aliphatic rings. The first kappa shape index (κ1) is 22.0. The molecule has 2 nitrogen and oxygen atoms in total. The summed E-state index contributed by atoms with van der Waals surface area (Å²) in [6.45, 7) is 3.42. The fourth-order valence-corrected chi connectivity index (χ4v) is 4.15. The Morgan fingerprint density at radius 1 is 1.00 bits per heavy atom. The molecule has 1 aliphatic heterocycles. The third kappa shape index (κ3) is 5.54. The number of benzene rings is 3. The SMILES string of the molecule is C/C=C/CCC1COC(c2ccc3c(F)c(CCc4ccc(Cl)cc4)ccc3c2)OC1. The Bertz CT molecular complexity index is 1040. The molecule has 0 N–H and O–H groups in total. The van der Waals surface area contributed by atoms with Gasteiger partial charge in [-0.05, 0) is 67.3 Å². The van der Waals surface area contributed by atoms with Crippen molar-refractivity contribution in [3.05, 3.63) is 94.3 Å². The average Bonchev–Trinajstić information content (AvgIpc) is 2.80. The molecule has 31 heavy (non-hydrogen) atoms. The summed E-state index contributed by atoms with van der Waals surface area (Å²) in [5.41, 5.74) is 2.81. The van der Waals surface area contributed by atoms with Gasteiger partial charge in [-0.1, -0.05) is 60.2 Å². The Morgan fingerprint density at radius 2 is 1.77 bits per heavy atom. The molecule has 0 spiro atoms. The first-order valence-corrected chi connectivity index (χ1v) is 11.3. The molecule has 0 radical (unpaired) electrons. The number of hydrogen-bond donors (Lipinski definition) is 0. The van der Waals surface area contributed by atoms with E-state index < -0.39 is 0 Å². The Labute approximate surface area is 188 Å². The van der Waals surface area contributed by atoms with Gasteiger partial charge in [-0.3, -0.25) is 0 Å². The minimum Gasteiger partial charge on any atom is -0.348 e. The molecule has 0 amide bonds. The molecule has 4 heteroatoms. The van der Waals surface area contributed by atoms with Crippen LogP contribution in [0, 0.1) is 11.7 Å². The van der Waals surface area contributed by atoms with Crippen molar-refractivity contribution in [2.24, 2.45) is 5.92 Å². The van der Waals surface area contributed by atoms with Gasteiger partial charge in [0, 0.05) is 21.9 Å². The molecule has 162 valence electrons. The van der Waals surface area contributed by atoms with Gasteiger partial charge < -0.3 is 9.47 Å². The Kier molecular flexibility index (Phi) is 7.39. The van der Waals surface area contributed by atoms with Crippen LogP contribution in [0.2, 0.25) is 5.02 Å². The van der Waals surface area contributed by atoms with Gasteiger partial charge in [0.25, 0.3) is 0 Å². The lowest BCUT2D eigenvalue weighted by Crippen LogP contribution is -2.27.